The summed E-state index contributed by atoms with van der Waals surface area (Å²) in [6.45, 7) is 2.95. The summed E-state index contributed by atoms with van der Waals surface area (Å²) in [6.07, 6.45) is 8.05. The molecule has 0 aromatic carbocycles. The summed E-state index contributed by atoms with van der Waals surface area (Å²) in [5, 5.41) is 10.3. The van der Waals surface area contributed by atoms with Gasteiger partial charge in [0, 0.05) is 49.7 Å². The zero-order valence-corrected chi connectivity index (χ0v) is 13.7. The predicted molar refractivity (Wildman–Crippen MR) is 90.6 cm³/mol. The molecule has 1 saturated carbocycles. The lowest BCUT2D eigenvalue weighted by atomic mass is 10.0. The normalized spacial score (nSPS) is 19.3. The van der Waals surface area contributed by atoms with Gasteiger partial charge in [-0.25, -0.2) is 0 Å². The molecule has 2 N–H and O–H groups in total. The number of carbonyl (C=O) groups is 1. The summed E-state index contributed by atoms with van der Waals surface area (Å²) in [6, 6.07) is 6.27. The highest BCUT2D eigenvalue weighted by Gasteiger charge is 2.27. The van der Waals surface area contributed by atoms with Gasteiger partial charge in [-0.3, -0.25) is 19.8 Å². The molecule has 2 aliphatic rings. The van der Waals surface area contributed by atoms with Crippen molar-refractivity contribution in [2.24, 2.45) is 0 Å². The zero-order chi connectivity index (χ0) is 16.4. The second-order valence-electron chi connectivity index (χ2n) is 6.86. The van der Waals surface area contributed by atoms with Crippen LogP contribution in [0.5, 0.6) is 0 Å². The van der Waals surface area contributed by atoms with Crippen LogP contribution in [0.15, 0.2) is 30.6 Å². The molecule has 0 radical (unpaired) electrons. The smallest absolute Gasteiger partial charge is 0.271 e. The van der Waals surface area contributed by atoms with E-state index in [1.54, 1.807) is 0 Å². The third-order valence-corrected chi connectivity index (χ3v) is 4.93. The number of H-pyrrole nitrogens is 1. The molecule has 2 aromatic rings. The van der Waals surface area contributed by atoms with E-state index in [1.165, 1.54) is 18.4 Å². The number of carbonyl (C=O) groups excluding carboxylic acids is 1. The zero-order valence-electron chi connectivity index (χ0n) is 13.7. The van der Waals surface area contributed by atoms with Gasteiger partial charge in [-0.2, -0.15) is 5.10 Å². The summed E-state index contributed by atoms with van der Waals surface area (Å²) >= 11 is 0. The Balaban J connectivity index is 1.25. The Hall–Kier alpha value is -2.21. The van der Waals surface area contributed by atoms with Gasteiger partial charge in [0.25, 0.3) is 5.91 Å². The molecule has 1 aliphatic heterocycles. The van der Waals surface area contributed by atoms with Gasteiger partial charge in [-0.1, -0.05) is 0 Å². The first-order valence-corrected chi connectivity index (χ1v) is 8.75. The fourth-order valence-electron chi connectivity index (χ4n) is 3.30. The minimum absolute atomic E-state index is 0.0502. The maximum absolute atomic E-state index is 12.3. The molecule has 0 bridgehead atoms. The van der Waals surface area contributed by atoms with Gasteiger partial charge in [0.2, 0.25) is 0 Å². The fourth-order valence-corrected chi connectivity index (χ4v) is 3.30. The molecule has 1 aliphatic carbocycles. The lowest BCUT2D eigenvalue weighted by molar-refractivity contribution is 0.0904. The second kappa shape index (κ2) is 6.73. The van der Waals surface area contributed by atoms with Crippen LogP contribution in [0.1, 0.15) is 53.3 Å². The van der Waals surface area contributed by atoms with Crippen LogP contribution in [0.2, 0.25) is 0 Å². The summed E-state index contributed by atoms with van der Waals surface area (Å²) in [4.78, 5) is 18.8. The van der Waals surface area contributed by atoms with Crippen molar-refractivity contribution in [2.45, 2.75) is 44.2 Å². The number of nitrogens with zero attached hydrogens (tertiary/aromatic N) is 3. The molecule has 1 amide bonds. The van der Waals surface area contributed by atoms with Crippen molar-refractivity contribution in [3.8, 4) is 0 Å². The lowest BCUT2D eigenvalue weighted by Gasteiger charge is -2.32. The first kappa shape index (κ1) is 15.3. The minimum Gasteiger partial charge on any atom is -0.348 e. The van der Waals surface area contributed by atoms with Crippen molar-refractivity contribution >= 4 is 5.91 Å². The molecule has 24 heavy (non-hydrogen) atoms. The van der Waals surface area contributed by atoms with Gasteiger partial charge in [0.1, 0.15) is 5.69 Å². The van der Waals surface area contributed by atoms with Crippen molar-refractivity contribution in [3.05, 3.63) is 47.5 Å². The summed E-state index contributed by atoms with van der Waals surface area (Å²) in [5.41, 5.74) is 2.92. The summed E-state index contributed by atoms with van der Waals surface area (Å²) in [5.74, 6) is 0.543. The van der Waals surface area contributed by atoms with E-state index in [1.807, 2.05) is 18.5 Å². The van der Waals surface area contributed by atoms with Gasteiger partial charge in [-0.15, -0.1) is 0 Å². The number of likely N-dealkylation sites (tertiary alicyclic amines) is 1. The van der Waals surface area contributed by atoms with Crippen LogP contribution in [0.4, 0.5) is 0 Å². The van der Waals surface area contributed by atoms with Gasteiger partial charge in [0.05, 0.1) is 0 Å². The molecule has 6 heteroatoms. The van der Waals surface area contributed by atoms with E-state index in [-0.39, 0.29) is 11.9 Å². The number of nitrogens with one attached hydrogen (secondary N) is 2. The first-order chi connectivity index (χ1) is 11.8. The molecular formula is C18H23N5O. The number of hydrogen-bond donors (Lipinski definition) is 2. The number of hydrogen-bond acceptors (Lipinski definition) is 4. The van der Waals surface area contributed by atoms with Crippen LogP contribution < -0.4 is 5.32 Å². The summed E-state index contributed by atoms with van der Waals surface area (Å²) in [7, 11) is 0. The van der Waals surface area contributed by atoms with Crippen molar-refractivity contribution in [2.75, 3.05) is 13.1 Å². The van der Waals surface area contributed by atoms with Crippen molar-refractivity contribution in [1.82, 2.24) is 25.4 Å². The molecule has 6 nitrogen and oxygen atoms in total. The number of pyridine rings is 1. The van der Waals surface area contributed by atoms with Crippen LogP contribution in [0.25, 0.3) is 0 Å². The molecule has 0 spiro atoms. The maximum atomic E-state index is 12.3. The Morgan fingerprint density at radius 2 is 1.96 bits per heavy atom. The van der Waals surface area contributed by atoms with Gasteiger partial charge in [-0.05, 0) is 49.4 Å². The average molecular weight is 325 g/mol. The van der Waals surface area contributed by atoms with E-state index < -0.39 is 0 Å². The number of aromatic amines is 1. The van der Waals surface area contributed by atoms with E-state index in [9.17, 15) is 4.79 Å². The molecule has 2 aromatic heterocycles. The van der Waals surface area contributed by atoms with Crippen LogP contribution in [-0.2, 0) is 6.54 Å². The number of rotatable bonds is 5. The molecule has 2 fully saturated rings. The Bertz CT molecular complexity index is 686. The second-order valence-corrected chi connectivity index (χ2v) is 6.86. The van der Waals surface area contributed by atoms with Crippen LogP contribution in [0.3, 0.4) is 0 Å². The quantitative estimate of drug-likeness (QED) is 0.883. The highest BCUT2D eigenvalue weighted by atomic mass is 16.2. The Labute approximate surface area is 141 Å². The molecule has 0 unspecified atom stereocenters. The molecule has 0 atom stereocenters. The van der Waals surface area contributed by atoms with Gasteiger partial charge in [0.15, 0.2) is 0 Å². The number of amides is 1. The fraction of sp³-hybridized carbons (Fsp3) is 0.500. The standard InChI is InChI=1S/C18H23N5O/c24-18(17-11-16(21-22-17)14-1-2-14)20-15-5-9-23(10-6-15)12-13-3-7-19-8-4-13/h3-4,7-8,11,14-15H,1-2,5-6,9-10,12H2,(H,20,24)(H,21,22). The first-order valence-electron chi connectivity index (χ1n) is 8.75. The highest BCUT2D eigenvalue weighted by Crippen LogP contribution is 2.38. The molecule has 3 heterocycles. The molecular weight excluding hydrogens is 302 g/mol. The minimum atomic E-state index is -0.0502. The monoisotopic (exact) mass is 325 g/mol. The Kier molecular flexibility index (Phi) is 4.30. The largest absolute Gasteiger partial charge is 0.348 e. The topological polar surface area (TPSA) is 73.9 Å². The Morgan fingerprint density at radius 3 is 2.67 bits per heavy atom. The van der Waals surface area contributed by atoms with E-state index >= 15 is 0 Å². The molecule has 1 saturated heterocycles. The molecule has 126 valence electrons. The third kappa shape index (κ3) is 3.64. The molecule has 4 rings (SSSR count). The van der Waals surface area contributed by atoms with Crippen molar-refractivity contribution < 1.29 is 4.79 Å². The van der Waals surface area contributed by atoms with Crippen molar-refractivity contribution in [1.29, 1.82) is 0 Å². The maximum Gasteiger partial charge on any atom is 0.271 e. The third-order valence-electron chi connectivity index (χ3n) is 4.93. The van der Waals surface area contributed by atoms with Gasteiger partial charge < -0.3 is 5.32 Å². The van der Waals surface area contributed by atoms with E-state index in [4.69, 9.17) is 0 Å². The number of aromatic nitrogens is 3. The predicted octanol–water partition coefficient (Wildman–Crippen LogP) is 2.08. The van der Waals surface area contributed by atoms with Crippen LogP contribution >= 0.6 is 0 Å². The van der Waals surface area contributed by atoms with Crippen LogP contribution in [-0.4, -0.2) is 45.1 Å². The SMILES string of the molecule is O=C(NC1CCN(Cc2ccncc2)CC1)c1cc(C2CC2)[nH]n1. The van der Waals surface area contributed by atoms with Crippen LogP contribution in [0, 0.1) is 0 Å². The van der Waals surface area contributed by atoms with E-state index in [0.29, 0.717) is 11.6 Å². The Morgan fingerprint density at radius 1 is 1.21 bits per heavy atom. The summed E-state index contributed by atoms with van der Waals surface area (Å²) < 4.78 is 0. The van der Waals surface area contributed by atoms with E-state index in [0.717, 1.165) is 38.2 Å². The van der Waals surface area contributed by atoms with Gasteiger partial charge >= 0.3 is 0 Å². The lowest BCUT2D eigenvalue weighted by Crippen LogP contribution is -2.44. The van der Waals surface area contributed by atoms with E-state index in [2.05, 4.69) is 37.5 Å². The number of piperidine rings is 1. The highest BCUT2D eigenvalue weighted by molar-refractivity contribution is 5.92. The average Bonchev–Trinajstić information content (AvgIpc) is 3.34. The van der Waals surface area contributed by atoms with Crippen molar-refractivity contribution in [3.63, 3.8) is 0 Å².